The van der Waals surface area contributed by atoms with Crippen molar-refractivity contribution < 1.29 is 18.0 Å². The third-order valence-corrected chi connectivity index (χ3v) is 6.61. The minimum absolute atomic E-state index is 0.00209. The molecule has 0 radical (unpaired) electrons. The second-order valence-corrected chi connectivity index (χ2v) is 8.60. The number of piperazine rings is 1. The maximum Gasteiger partial charge on any atom is 0.411 e. The van der Waals surface area contributed by atoms with E-state index in [1.54, 1.807) is 4.90 Å². The Kier molecular flexibility index (Phi) is 6.56. The fraction of sp³-hybridized carbons (Fsp3) is 0.947. The van der Waals surface area contributed by atoms with Crippen LogP contribution in [0, 0.1) is 5.92 Å². The molecule has 2 heterocycles. The first-order valence-electron chi connectivity index (χ1n) is 10.3. The normalized spacial score (nSPS) is 26.1. The summed E-state index contributed by atoms with van der Waals surface area (Å²) in [7, 11) is 2.13. The number of halogens is 3. The minimum atomic E-state index is -4.39. The van der Waals surface area contributed by atoms with Gasteiger partial charge in [-0.15, -0.1) is 0 Å². The Morgan fingerprint density at radius 3 is 2.15 bits per heavy atom. The number of urea groups is 1. The standard InChI is InChI=1S/C19H33F3N4O/c1-24-11-13-25(14-12-24)15-16-5-9-26(10-6-16)17(27)23-18(19(20,21)22)7-3-2-4-8-18/h16H,2-15H2,1H3,(H,23,27). The number of likely N-dealkylation sites (N-methyl/N-ethyl adjacent to an activating group) is 1. The summed E-state index contributed by atoms with van der Waals surface area (Å²) in [5, 5.41) is 2.39. The van der Waals surface area contributed by atoms with Crippen molar-refractivity contribution in [1.29, 1.82) is 0 Å². The van der Waals surface area contributed by atoms with Gasteiger partial charge in [0.2, 0.25) is 0 Å². The van der Waals surface area contributed by atoms with Crippen molar-refractivity contribution in [1.82, 2.24) is 20.0 Å². The Bertz CT molecular complexity index is 492. The van der Waals surface area contributed by atoms with Gasteiger partial charge in [0.15, 0.2) is 0 Å². The molecule has 5 nitrogen and oxygen atoms in total. The number of likely N-dealkylation sites (tertiary alicyclic amines) is 1. The number of hydrogen-bond acceptors (Lipinski definition) is 3. The van der Waals surface area contributed by atoms with Crippen molar-refractivity contribution in [2.24, 2.45) is 5.92 Å². The Morgan fingerprint density at radius 1 is 1.00 bits per heavy atom. The number of rotatable bonds is 3. The van der Waals surface area contributed by atoms with Gasteiger partial charge in [0.1, 0.15) is 5.54 Å². The maximum absolute atomic E-state index is 13.6. The molecule has 0 spiro atoms. The molecule has 2 aliphatic heterocycles. The van der Waals surface area contributed by atoms with E-state index < -0.39 is 17.7 Å². The zero-order valence-corrected chi connectivity index (χ0v) is 16.4. The lowest BCUT2D eigenvalue weighted by Gasteiger charge is -2.42. The number of alkyl halides is 3. The van der Waals surface area contributed by atoms with Crippen molar-refractivity contribution in [3.63, 3.8) is 0 Å². The number of nitrogens with zero attached hydrogens (tertiary/aromatic N) is 3. The first-order valence-corrected chi connectivity index (χ1v) is 10.3. The van der Waals surface area contributed by atoms with Crippen molar-refractivity contribution >= 4 is 6.03 Å². The van der Waals surface area contributed by atoms with E-state index in [1.165, 1.54) is 0 Å². The summed E-state index contributed by atoms with van der Waals surface area (Å²) in [5.41, 5.74) is -2.03. The molecule has 8 heteroatoms. The molecule has 156 valence electrons. The lowest BCUT2D eigenvalue weighted by Crippen LogP contribution is -2.62. The van der Waals surface area contributed by atoms with Gasteiger partial charge in [-0.3, -0.25) is 0 Å². The van der Waals surface area contributed by atoms with Crippen LogP contribution >= 0.6 is 0 Å². The number of carbonyl (C=O) groups is 1. The highest BCUT2D eigenvalue weighted by Gasteiger charge is 2.56. The van der Waals surface area contributed by atoms with Crippen molar-refractivity contribution in [3.8, 4) is 0 Å². The summed E-state index contributed by atoms with van der Waals surface area (Å²) < 4.78 is 40.9. The molecule has 2 saturated heterocycles. The van der Waals surface area contributed by atoms with Crippen LogP contribution in [0.15, 0.2) is 0 Å². The molecule has 0 bridgehead atoms. The van der Waals surface area contributed by atoms with Gasteiger partial charge in [0, 0.05) is 45.8 Å². The summed E-state index contributed by atoms with van der Waals surface area (Å²) in [6, 6.07) is -0.535. The molecular formula is C19H33F3N4O. The zero-order chi connectivity index (χ0) is 19.5. The second kappa shape index (κ2) is 8.55. The molecule has 1 N–H and O–H groups in total. The Hall–Kier alpha value is -1.02. The van der Waals surface area contributed by atoms with Crippen LogP contribution < -0.4 is 5.32 Å². The Morgan fingerprint density at radius 2 is 1.59 bits per heavy atom. The Labute approximate surface area is 160 Å². The average molecular weight is 390 g/mol. The molecule has 0 unspecified atom stereocenters. The molecule has 0 atom stereocenters. The lowest BCUT2D eigenvalue weighted by atomic mass is 9.81. The van der Waals surface area contributed by atoms with Crippen LogP contribution in [0.3, 0.4) is 0 Å². The third-order valence-electron chi connectivity index (χ3n) is 6.61. The van der Waals surface area contributed by atoms with E-state index in [0.29, 0.717) is 31.8 Å². The zero-order valence-electron chi connectivity index (χ0n) is 16.4. The SMILES string of the molecule is CN1CCN(CC2CCN(C(=O)NC3(C(F)(F)F)CCCCC3)CC2)CC1. The fourth-order valence-electron chi connectivity index (χ4n) is 4.63. The molecule has 0 aromatic carbocycles. The third kappa shape index (κ3) is 5.08. The van der Waals surface area contributed by atoms with Crippen molar-refractivity contribution in [2.45, 2.75) is 56.7 Å². The van der Waals surface area contributed by atoms with Crippen LogP contribution in [-0.2, 0) is 0 Å². The minimum Gasteiger partial charge on any atom is -0.325 e. The van der Waals surface area contributed by atoms with Crippen LogP contribution in [0.1, 0.15) is 44.9 Å². The highest BCUT2D eigenvalue weighted by Crippen LogP contribution is 2.41. The van der Waals surface area contributed by atoms with Gasteiger partial charge in [-0.1, -0.05) is 19.3 Å². The summed E-state index contributed by atoms with van der Waals surface area (Å²) in [5.74, 6) is 0.531. The van der Waals surface area contributed by atoms with Crippen molar-refractivity contribution in [2.75, 3.05) is 52.9 Å². The van der Waals surface area contributed by atoms with Crippen LogP contribution in [0.5, 0.6) is 0 Å². The van der Waals surface area contributed by atoms with Gasteiger partial charge in [0.05, 0.1) is 0 Å². The van der Waals surface area contributed by atoms with Gasteiger partial charge in [-0.05, 0) is 38.6 Å². The fourth-order valence-corrected chi connectivity index (χ4v) is 4.63. The number of amides is 2. The van der Waals surface area contributed by atoms with E-state index in [4.69, 9.17) is 0 Å². The van der Waals surface area contributed by atoms with Gasteiger partial charge in [-0.2, -0.15) is 13.2 Å². The molecule has 2 amide bonds. The summed E-state index contributed by atoms with van der Waals surface area (Å²) >= 11 is 0. The second-order valence-electron chi connectivity index (χ2n) is 8.60. The van der Waals surface area contributed by atoms with Crippen LogP contribution in [0.4, 0.5) is 18.0 Å². The van der Waals surface area contributed by atoms with Gasteiger partial charge in [0.25, 0.3) is 0 Å². The maximum atomic E-state index is 13.6. The smallest absolute Gasteiger partial charge is 0.325 e. The largest absolute Gasteiger partial charge is 0.411 e. The predicted molar refractivity (Wildman–Crippen MR) is 98.6 cm³/mol. The molecule has 3 fully saturated rings. The van der Waals surface area contributed by atoms with Crippen molar-refractivity contribution in [3.05, 3.63) is 0 Å². The number of hydrogen-bond donors (Lipinski definition) is 1. The lowest BCUT2D eigenvalue weighted by molar-refractivity contribution is -0.202. The van der Waals surface area contributed by atoms with E-state index in [0.717, 1.165) is 52.0 Å². The highest BCUT2D eigenvalue weighted by atomic mass is 19.4. The van der Waals surface area contributed by atoms with E-state index in [-0.39, 0.29) is 12.8 Å². The molecule has 0 aromatic heterocycles. The average Bonchev–Trinajstić information content (AvgIpc) is 2.64. The number of nitrogens with one attached hydrogen (secondary N) is 1. The molecule has 0 aromatic rings. The summed E-state index contributed by atoms with van der Waals surface area (Å²) in [4.78, 5) is 18.9. The first-order chi connectivity index (χ1) is 12.8. The summed E-state index contributed by atoms with van der Waals surface area (Å²) in [6.07, 6.45) is -0.782. The van der Waals surface area contributed by atoms with E-state index >= 15 is 0 Å². The first kappa shape index (κ1) is 20.7. The van der Waals surface area contributed by atoms with Crippen LogP contribution in [0.25, 0.3) is 0 Å². The van der Waals surface area contributed by atoms with Crippen LogP contribution in [0.2, 0.25) is 0 Å². The number of piperidine rings is 1. The van der Waals surface area contributed by atoms with Gasteiger partial charge < -0.3 is 20.0 Å². The van der Waals surface area contributed by atoms with Gasteiger partial charge >= 0.3 is 12.2 Å². The van der Waals surface area contributed by atoms with Gasteiger partial charge in [-0.25, -0.2) is 4.79 Å². The monoisotopic (exact) mass is 390 g/mol. The Balaban J connectivity index is 1.48. The quantitative estimate of drug-likeness (QED) is 0.805. The molecule has 27 heavy (non-hydrogen) atoms. The molecule has 3 rings (SSSR count). The van der Waals surface area contributed by atoms with E-state index in [2.05, 4.69) is 22.2 Å². The molecule has 1 saturated carbocycles. The topological polar surface area (TPSA) is 38.8 Å². The van der Waals surface area contributed by atoms with E-state index in [1.807, 2.05) is 0 Å². The van der Waals surface area contributed by atoms with Crippen LogP contribution in [-0.4, -0.2) is 85.3 Å². The number of carbonyl (C=O) groups excluding carboxylic acids is 1. The highest BCUT2D eigenvalue weighted by molar-refractivity contribution is 5.75. The molecular weight excluding hydrogens is 357 g/mol. The molecule has 1 aliphatic carbocycles. The molecule has 3 aliphatic rings. The predicted octanol–water partition coefficient (Wildman–Crippen LogP) is 2.92. The van der Waals surface area contributed by atoms with E-state index in [9.17, 15) is 18.0 Å². The summed E-state index contributed by atoms with van der Waals surface area (Å²) in [6.45, 7) is 6.46.